The van der Waals surface area contributed by atoms with Gasteiger partial charge < -0.3 is 19.6 Å². The first-order chi connectivity index (χ1) is 10.4. The maximum Gasteiger partial charge on any atom is 0.305 e. The molecule has 1 aromatic rings. The molecule has 1 N–H and O–H groups in total. The predicted octanol–water partition coefficient (Wildman–Crippen LogP) is 2.12. The highest BCUT2D eigenvalue weighted by Crippen LogP contribution is 2.36. The monoisotopic (exact) mass is 306 g/mol. The second-order valence-corrected chi connectivity index (χ2v) is 5.44. The Morgan fingerprint density at radius 2 is 2.14 bits per heavy atom. The minimum absolute atomic E-state index is 0.0726. The van der Waals surface area contributed by atoms with Crippen molar-refractivity contribution in [2.24, 2.45) is 0 Å². The topological polar surface area (TPSA) is 70.1 Å². The fraction of sp³-hybridized carbons (Fsp3) is 0.500. The van der Waals surface area contributed by atoms with Crippen LogP contribution in [0, 0.1) is 0 Å². The number of amides is 1. The molecule has 0 fully saturated rings. The zero-order valence-corrected chi connectivity index (χ0v) is 13.2. The molecule has 1 aliphatic rings. The molecule has 1 aromatic carbocycles. The average Bonchev–Trinajstić information content (AvgIpc) is 2.48. The third-order valence-electron chi connectivity index (χ3n) is 3.74. The van der Waals surface area contributed by atoms with Crippen LogP contribution in [0.15, 0.2) is 18.2 Å². The maximum absolute atomic E-state index is 11.9. The first-order valence-corrected chi connectivity index (χ1v) is 7.49. The Bertz CT molecular complexity index is 573. The summed E-state index contributed by atoms with van der Waals surface area (Å²) in [5.41, 5.74) is 1.65. The molecule has 1 atom stereocenters. The van der Waals surface area contributed by atoms with E-state index in [1.54, 1.807) is 18.9 Å². The number of hydrogen-bond donors (Lipinski definition) is 1. The zero-order chi connectivity index (χ0) is 16.3. The van der Waals surface area contributed by atoms with E-state index in [0.29, 0.717) is 12.3 Å². The van der Waals surface area contributed by atoms with E-state index in [4.69, 9.17) is 9.84 Å². The van der Waals surface area contributed by atoms with E-state index in [1.807, 2.05) is 23.1 Å². The van der Waals surface area contributed by atoms with E-state index in [-0.39, 0.29) is 12.3 Å². The third-order valence-corrected chi connectivity index (χ3v) is 3.74. The van der Waals surface area contributed by atoms with Crippen LogP contribution in [0.3, 0.4) is 0 Å². The Hall–Kier alpha value is -2.24. The van der Waals surface area contributed by atoms with E-state index < -0.39 is 12.1 Å². The van der Waals surface area contributed by atoms with Gasteiger partial charge in [-0.25, -0.2) is 0 Å². The van der Waals surface area contributed by atoms with Crippen molar-refractivity contribution in [1.29, 1.82) is 0 Å². The number of anilines is 2. The minimum Gasteiger partial charge on any atom is -0.481 e. The molecule has 0 bridgehead atoms. The molecule has 1 heterocycles. The van der Waals surface area contributed by atoms with Crippen LogP contribution in [0.1, 0.15) is 26.7 Å². The lowest BCUT2D eigenvalue weighted by atomic mass is 10.1. The number of aliphatic carboxylic acids is 1. The number of benzene rings is 1. The lowest BCUT2D eigenvalue weighted by molar-refractivity contribution is -0.136. The SMILES string of the molecule is CCCN(CCC(=O)O)c1ccc2c(c1)OC(C)C(=O)N2C. The molecule has 1 aliphatic heterocycles. The molecule has 6 nitrogen and oxygen atoms in total. The summed E-state index contributed by atoms with van der Waals surface area (Å²) in [6.45, 7) is 5.00. The first kappa shape index (κ1) is 16.1. The number of carbonyl (C=O) groups excluding carboxylic acids is 1. The molecule has 0 spiro atoms. The Balaban J connectivity index is 2.26. The summed E-state index contributed by atoms with van der Waals surface area (Å²) in [6.07, 6.45) is 0.505. The maximum atomic E-state index is 11.9. The van der Waals surface area contributed by atoms with Crippen molar-refractivity contribution in [2.75, 3.05) is 29.9 Å². The molecular formula is C16H22N2O4. The van der Waals surface area contributed by atoms with Gasteiger partial charge in [-0.3, -0.25) is 9.59 Å². The van der Waals surface area contributed by atoms with Gasteiger partial charge in [-0.1, -0.05) is 6.92 Å². The number of rotatable bonds is 6. The van der Waals surface area contributed by atoms with Crippen LogP contribution in [0.2, 0.25) is 0 Å². The Morgan fingerprint density at radius 3 is 2.77 bits per heavy atom. The van der Waals surface area contributed by atoms with Gasteiger partial charge in [0, 0.05) is 31.9 Å². The van der Waals surface area contributed by atoms with Crippen LogP contribution in [0.5, 0.6) is 5.75 Å². The second-order valence-electron chi connectivity index (χ2n) is 5.44. The molecule has 0 saturated heterocycles. The smallest absolute Gasteiger partial charge is 0.305 e. The summed E-state index contributed by atoms with van der Waals surface area (Å²) >= 11 is 0. The minimum atomic E-state index is -0.811. The van der Waals surface area contributed by atoms with Crippen LogP contribution in [0.25, 0.3) is 0 Å². The molecule has 0 saturated carbocycles. The molecule has 6 heteroatoms. The number of nitrogens with zero attached hydrogens (tertiary/aromatic N) is 2. The van der Waals surface area contributed by atoms with Gasteiger partial charge in [-0.05, 0) is 25.5 Å². The summed E-state index contributed by atoms with van der Waals surface area (Å²) in [7, 11) is 1.73. The highest BCUT2D eigenvalue weighted by molar-refractivity contribution is 5.99. The summed E-state index contributed by atoms with van der Waals surface area (Å²) < 4.78 is 5.67. The number of carboxylic acid groups (broad SMARTS) is 1. The van der Waals surface area contributed by atoms with Crippen molar-refractivity contribution in [3.8, 4) is 5.75 Å². The Labute approximate surface area is 130 Å². The number of fused-ring (bicyclic) bond motifs is 1. The number of carbonyl (C=O) groups is 2. The fourth-order valence-corrected chi connectivity index (χ4v) is 2.57. The number of ether oxygens (including phenoxy) is 1. The molecule has 120 valence electrons. The Kier molecular flexibility index (Phi) is 4.90. The van der Waals surface area contributed by atoms with Crippen LogP contribution in [-0.2, 0) is 9.59 Å². The van der Waals surface area contributed by atoms with Gasteiger partial charge in [0.25, 0.3) is 5.91 Å². The first-order valence-electron chi connectivity index (χ1n) is 7.49. The molecule has 1 unspecified atom stereocenters. The number of hydrogen-bond acceptors (Lipinski definition) is 4. The standard InChI is InChI=1S/C16H22N2O4/c1-4-8-18(9-7-15(19)20)12-5-6-13-14(10-12)22-11(2)16(21)17(13)3/h5-6,10-11H,4,7-9H2,1-3H3,(H,19,20). The van der Waals surface area contributed by atoms with Crippen molar-refractivity contribution < 1.29 is 19.4 Å². The van der Waals surface area contributed by atoms with Gasteiger partial charge in [-0.2, -0.15) is 0 Å². The van der Waals surface area contributed by atoms with Gasteiger partial charge in [0.05, 0.1) is 12.1 Å². The zero-order valence-electron chi connectivity index (χ0n) is 13.2. The molecule has 22 heavy (non-hydrogen) atoms. The van der Waals surface area contributed by atoms with E-state index in [1.165, 1.54) is 0 Å². The van der Waals surface area contributed by atoms with Gasteiger partial charge in [0.2, 0.25) is 0 Å². The summed E-state index contributed by atoms with van der Waals surface area (Å²) in [5.74, 6) is -0.227. The molecular weight excluding hydrogens is 284 g/mol. The van der Waals surface area contributed by atoms with E-state index in [0.717, 1.165) is 24.3 Å². The highest BCUT2D eigenvalue weighted by Gasteiger charge is 2.29. The largest absolute Gasteiger partial charge is 0.481 e. The third kappa shape index (κ3) is 3.32. The second kappa shape index (κ2) is 6.68. The lowest BCUT2D eigenvalue weighted by Gasteiger charge is -2.32. The molecule has 0 aromatic heterocycles. The van der Waals surface area contributed by atoms with Crippen LogP contribution >= 0.6 is 0 Å². The molecule has 0 aliphatic carbocycles. The molecule has 1 amide bonds. The van der Waals surface area contributed by atoms with Crippen LogP contribution < -0.4 is 14.5 Å². The van der Waals surface area contributed by atoms with Crippen molar-refractivity contribution in [3.05, 3.63) is 18.2 Å². The van der Waals surface area contributed by atoms with E-state index >= 15 is 0 Å². The lowest BCUT2D eigenvalue weighted by Crippen LogP contribution is -2.42. The summed E-state index contributed by atoms with van der Waals surface area (Å²) in [5, 5.41) is 8.87. The van der Waals surface area contributed by atoms with E-state index in [9.17, 15) is 9.59 Å². The van der Waals surface area contributed by atoms with Gasteiger partial charge >= 0.3 is 5.97 Å². The van der Waals surface area contributed by atoms with Gasteiger partial charge in [-0.15, -0.1) is 0 Å². The van der Waals surface area contributed by atoms with Crippen molar-refractivity contribution in [1.82, 2.24) is 0 Å². The fourth-order valence-electron chi connectivity index (χ4n) is 2.57. The average molecular weight is 306 g/mol. The van der Waals surface area contributed by atoms with E-state index in [2.05, 4.69) is 6.92 Å². The molecule has 2 rings (SSSR count). The quantitative estimate of drug-likeness (QED) is 0.872. The van der Waals surface area contributed by atoms with Crippen molar-refractivity contribution in [2.45, 2.75) is 32.8 Å². The number of likely N-dealkylation sites (N-methyl/N-ethyl adjacent to an activating group) is 1. The van der Waals surface area contributed by atoms with Crippen molar-refractivity contribution >= 4 is 23.3 Å². The number of carboxylic acids is 1. The summed E-state index contributed by atoms with van der Waals surface area (Å²) in [6, 6.07) is 5.63. The normalized spacial score (nSPS) is 17.0. The predicted molar refractivity (Wildman–Crippen MR) is 84.7 cm³/mol. The van der Waals surface area contributed by atoms with Crippen molar-refractivity contribution in [3.63, 3.8) is 0 Å². The van der Waals surface area contributed by atoms with Crippen LogP contribution in [0.4, 0.5) is 11.4 Å². The Morgan fingerprint density at radius 1 is 1.41 bits per heavy atom. The summed E-state index contributed by atoms with van der Waals surface area (Å²) in [4.78, 5) is 26.3. The van der Waals surface area contributed by atoms with Crippen LogP contribution in [-0.4, -0.2) is 43.2 Å². The van der Waals surface area contributed by atoms with Gasteiger partial charge in [0.15, 0.2) is 6.10 Å². The highest BCUT2D eigenvalue weighted by atomic mass is 16.5. The van der Waals surface area contributed by atoms with Gasteiger partial charge in [0.1, 0.15) is 5.75 Å². The molecule has 0 radical (unpaired) electrons.